The SMILES string of the molecule is CC(=O)OCC1CSC2C(NC(=O)Cc3cccnc3)C(=O)N2C1C(=O)[O-].O.[K+]. The number of nitrogens with one attached hydrogen (secondary N) is 1. The van der Waals surface area contributed by atoms with Crippen LogP contribution in [0.2, 0.25) is 0 Å². The molecule has 1 aromatic rings. The Hall–Kier alpha value is -1.02. The molecule has 2 amide bonds. The summed E-state index contributed by atoms with van der Waals surface area (Å²) in [5.41, 5.74) is 0.712. The fourth-order valence-corrected chi connectivity index (χ4v) is 4.71. The predicted octanol–water partition coefficient (Wildman–Crippen LogP) is -5.50. The van der Waals surface area contributed by atoms with Gasteiger partial charge in [0.05, 0.1) is 25.0 Å². The first kappa shape index (κ1) is 26.0. The molecule has 0 radical (unpaired) electrons. The summed E-state index contributed by atoms with van der Waals surface area (Å²) in [5, 5.41) is 13.7. The summed E-state index contributed by atoms with van der Waals surface area (Å²) in [7, 11) is 0. The Balaban J connectivity index is 0.00000210. The number of aromatic nitrogens is 1. The van der Waals surface area contributed by atoms with Crippen LogP contribution >= 0.6 is 11.8 Å². The van der Waals surface area contributed by atoms with Crippen LogP contribution in [0.25, 0.3) is 0 Å². The van der Waals surface area contributed by atoms with Gasteiger partial charge < -0.3 is 30.3 Å². The minimum Gasteiger partial charge on any atom is -0.548 e. The van der Waals surface area contributed by atoms with Crippen molar-refractivity contribution in [2.24, 2.45) is 5.92 Å². The quantitative estimate of drug-likeness (QED) is 0.256. The first-order chi connectivity index (χ1) is 12.9. The second kappa shape index (κ2) is 11.4. The molecule has 2 aliphatic rings. The van der Waals surface area contributed by atoms with Crippen molar-refractivity contribution in [3.63, 3.8) is 0 Å². The van der Waals surface area contributed by atoms with E-state index in [2.05, 4.69) is 10.3 Å². The molecule has 3 heterocycles. The number of nitrogens with zero attached hydrogens (tertiary/aromatic N) is 2. The number of thioether (sulfide) groups is 1. The molecule has 0 saturated carbocycles. The van der Waals surface area contributed by atoms with Crippen LogP contribution in [0.1, 0.15) is 12.5 Å². The van der Waals surface area contributed by atoms with E-state index in [9.17, 15) is 24.3 Å². The molecule has 3 N–H and O–H groups in total. The first-order valence-electron chi connectivity index (χ1n) is 8.34. The van der Waals surface area contributed by atoms with Gasteiger partial charge in [-0.05, 0) is 11.6 Å². The first-order valence-corrected chi connectivity index (χ1v) is 9.39. The van der Waals surface area contributed by atoms with Crippen LogP contribution in [0, 0.1) is 5.92 Å². The summed E-state index contributed by atoms with van der Waals surface area (Å²) in [6, 6.07) is 1.50. The van der Waals surface area contributed by atoms with Gasteiger partial charge in [0.15, 0.2) is 0 Å². The maximum atomic E-state index is 12.5. The zero-order valence-corrected chi connectivity index (χ0v) is 19.9. The van der Waals surface area contributed by atoms with Crippen LogP contribution in [-0.4, -0.2) is 68.9 Å². The number of carbonyl (C=O) groups is 4. The van der Waals surface area contributed by atoms with Crippen molar-refractivity contribution in [2.75, 3.05) is 12.4 Å². The molecule has 10 nitrogen and oxygen atoms in total. The van der Waals surface area contributed by atoms with E-state index in [4.69, 9.17) is 4.74 Å². The van der Waals surface area contributed by atoms with Crippen molar-refractivity contribution in [1.29, 1.82) is 0 Å². The van der Waals surface area contributed by atoms with Gasteiger partial charge in [0.2, 0.25) is 11.8 Å². The van der Waals surface area contributed by atoms with E-state index in [1.807, 2.05) is 0 Å². The van der Waals surface area contributed by atoms with Gasteiger partial charge in [-0.25, -0.2) is 0 Å². The zero-order valence-electron chi connectivity index (χ0n) is 16.0. The fourth-order valence-electron chi connectivity index (χ4n) is 3.21. The Labute approximate surface area is 213 Å². The Kier molecular flexibility index (Phi) is 10.2. The molecule has 29 heavy (non-hydrogen) atoms. The number of β-lactam (4-membered cyclic amide) rings is 1. The number of aliphatic carboxylic acids is 1. The van der Waals surface area contributed by atoms with Crippen LogP contribution in [-0.2, 0) is 30.3 Å². The second-order valence-electron chi connectivity index (χ2n) is 6.38. The van der Waals surface area contributed by atoms with Crippen molar-refractivity contribution in [2.45, 2.75) is 30.8 Å². The van der Waals surface area contributed by atoms with Crippen molar-refractivity contribution in [3.05, 3.63) is 30.1 Å². The maximum absolute atomic E-state index is 12.5. The number of carbonyl (C=O) groups excluding carboxylic acids is 4. The van der Waals surface area contributed by atoms with E-state index in [0.717, 1.165) is 0 Å². The summed E-state index contributed by atoms with van der Waals surface area (Å²) in [6.45, 7) is 1.13. The molecule has 12 heteroatoms. The normalized spacial score (nSPS) is 24.7. The van der Waals surface area contributed by atoms with Gasteiger partial charge in [0.25, 0.3) is 0 Å². The maximum Gasteiger partial charge on any atom is 1.00 e. The average Bonchev–Trinajstić information content (AvgIpc) is 2.64. The predicted molar refractivity (Wildman–Crippen MR) is 95.5 cm³/mol. The largest absolute Gasteiger partial charge is 1.00 e. The Bertz CT molecular complexity index is 767. The molecule has 1 aromatic heterocycles. The third-order valence-corrected chi connectivity index (χ3v) is 5.91. The number of carboxylic acid groups (broad SMARTS) is 1. The van der Waals surface area contributed by atoms with Crippen molar-refractivity contribution >= 4 is 35.5 Å². The Morgan fingerprint density at radius 1 is 1.41 bits per heavy atom. The van der Waals surface area contributed by atoms with Crippen LogP contribution in [0.4, 0.5) is 0 Å². The van der Waals surface area contributed by atoms with Gasteiger partial charge in [-0.1, -0.05) is 6.07 Å². The molecular formula is C17H20KN3O7S. The molecule has 2 saturated heterocycles. The monoisotopic (exact) mass is 449 g/mol. The van der Waals surface area contributed by atoms with Crippen LogP contribution in [0.5, 0.6) is 0 Å². The molecule has 0 aromatic carbocycles. The molecule has 2 fully saturated rings. The molecule has 4 atom stereocenters. The molecule has 2 aliphatic heterocycles. The molecule has 0 aliphatic carbocycles. The summed E-state index contributed by atoms with van der Waals surface area (Å²) in [4.78, 5) is 52.3. The second-order valence-corrected chi connectivity index (χ2v) is 7.53. The average molecular weight is 450 g/mol. The number of fused-ring (bicyclic) bond motifs is 1. The fraction of sp³-hybridized carbons (Fsp3) is 0.471. The molecule has 4 unspecified atom stereocenters. The van der Waals surface area contributed by atoms with E-state index >= 15 is 0 Å². The van der Waals surface area contributed by atoms with Crippen LogP contribution in [0.15, 0.2) is 24.5 Å². The van der Waals surface area contributed by atoms with Crippen LogP contribution in [0.3, 0.4) is 0 Å². The van der Waals surface area contributed by atoms with E-state index < -0.39 is 41.2 Å². The van der Waals surface area contributed by atoms with Gasteiger partial charge in [-0.2, -0.15) is 0 Å². The van der Waals surface area contributed by atoms with E-state index in [-0.39, 0.29) is 75.8 Å². The third-order valence-electron chi connectivity index (χ3n) is 4.45. The van der Waals surface area contributed by atoms with Crippen molar-refractivity contribution in [3.8, 4) is 0 Å². The Morgan fingerprint density at radius 3 is 2.72 bits per heavy atom. The van der Waals surface area contributed by atoms with Crippen molar-refractivity contribution < 1.29 is 85.9 Å². The standard InChI is InChI=1S/C17H19N3O6S.K.H2O/c1-9(21)26-7-11-8-27-16-13(15(23)20(16)14(11)17(24)25)19-12(22)5-10-3-2-4-18-6-10;;/h2-4,6,11,13-14,16H,5,7-8H2,1H3,(H,19,22)(H,24,25);;1H2/q;+1;/p-1. The smallest absolute Gasteiger partial charge is 0.548 e. The molecule has 152 valence electrons. The number of amides is 2. The molecule has 0 bridgehead atoms. The molecule has 0 spiro atoms. The summed E-state index contributed by atoms with van der Waals surface area (Å²) < 4.78 is 4.91. The number of hydrogen-bond acceptors (Lipinski definition) is 8. The Morgan fingerprint density at radius 2 is 2.14 bits per heavy atom. The molecular weight excluding hydrogens is 429 g/mol. The number of rotatable bonds is 6. The van der Waals surface area contributed by atoms with Gasteiger partial charge in [-0.15, -0.1) is 11.8 Å². The van der Waals surface area contributed by atoms with Crippen molar-refractivity contribution in [1.82, 2.24) is 15.2 Å². The number of carboxylic acids is 1. The minimum atomic E-state index is -1.40. The number of ether oxygens (including phenoxy) is 1. The van der Waals surface area contributed by atoms with Gasteiger partial charge in [0.1, 0.15) is 11.4 Å². The minimum absolute atomic E-state index is 0. The molecule has 3 rings (SSSR count). The van der Waals surface area contributed by atoms with E-state index in [1.54, 1.807) is 24.5 Å². The zero-order chi connectivity index (χ0) is 19.6. The summed E-state index contributed by atoms with van der Waals surface area (Å²) in [6.07, 6.45) is 3.24. The van der Waals surface area contributed by atoms with E-state index in [1.165, 1.54) is 23.6 Å². The topological polar surface area (TPSA) is 160 Å². The number of hydrogen-bond donors (Lipinski definition) is 1. The van der Waals surface area contributed by atoms with Gasteiger partial charge in [0, 0.05) is 31.0 Å². The number of esters is 1. The third kappa shape index (κ3) is 6.00. The van der Waals surface area contributed by atoms with Crippen LogP contribution < -0.4 is 61.8 Å². The van der Waals surface area contributed by atoms with Gasteiger partial charge >= 0.3 is 57.4 Å². The van der Waals surface area contributed by atoms with E-state index in [0.29, 0.717) is 11.3 Å². The summed E-state index contributed by atoms with van der Waals surface area (Å²) >= 11 is 1.35. The summed E-state index contributed by atoms with van der Waals surface area (Å²) in [5.74, 6) is -2.92. The van der Waals surface area contributed by atoms with Gasteiger partial charge in [-0.3, -0.25) is 19.4 Å². The number of pyridine rings is 1.